The molecule has 0 unspecified atom stereocenters. The molecule has 3 aromatic rings. The van der Waals surface area contributed by atoms with Crippen LogP contribution in [-0.2, 0) is 69.1 Å². The molecule has 0 atom stereocenters. The minimum atomic E-state index is -5.32. The van der Waals surface area contributed by atoms with E-state index in [-0.39, 0.29) is 5.69 Å². The van der Waals surface area contributed by atoms with Crippen molar-refractivity contribution in [3.8, 4) is 0 Å². The molecule has 8 N–H and O–H groups in total. The molecular formula is C22H24N6O18S6. The number of hydrogen-bond acceptors (Lipinski definition) is 20. The number of hydrogen-bond donors (Lipinski definition) is 6. The van der Waals surface area contributed by atoms with Gasteiger partial charge < -0.3 is 11.5 Å². The second-order valence-electron chi connectivity index (χ2n) is 9.69. The van der Waals surface area contributed by atoms with Gasteiger partial charge in [-0.1, -0.05) is 6.07 Å². The Morgan fingerprint density at radius 1 is 0.577 bits per heavy atom. The Labute approximate surface area is 295 Å². The fourth-order valence-electron chi connectivity index (χ4n) is 3.79. The molecule has 30 heteroatoms. The summed E-state index contributed by atoms with van der Waals surface area (Å²) in [5.74, 6) is -1.98. The topological polar surface area (TPSA) is 406 Å². The molecule has 0 bridgehead atoms. The van der Waals surface area contributed by atoms with Crippen molar-refractivity contribution in [2.45, 2.75) is 19.6 Å². The predicted octanol–water partition coefficient (Wildman–Crippen LogP) is 1.36. The number of nitrogen functional groups attached to an aromatic ring is 2. The summed E-state index contributed by atoms with van der Waals surface area (Å²) in [6.45, 7) is -2.01. The molecule has 0 fully saturated rings. The zero-order valence-electron chi connectivity index (χ0n) is 25.3. The Balaban J connectivity index is 2.08. The highest BCUT2D eigenvalue weighted by atomic mass is 32.3. The third-order valence-corrected chi connectivity index (χ3v) is 12.1. The van der Waals surface area contributed by atoms with Gasteiger partial charge in [-0.3, -0.25) is 18.2 Å². The van der Waals surface area contributed by atoms with Gasteiger partial charge in [0.15, 0.2) is 19.7 Å². The van der Waals surface area contributed by atoms with Crippen LogP contribution in [-0.4, -0.2) is 93.4 Å². The average Bonchev–Trinajstić information content (AvgIpc) is 2.97. The van der Waals surface area contributed by atoms with Crippen LogP contribution in [0.5, 0.6) is 0 Å². The lowest BCUT2D eigenvalue weighted by atomic mass is 10.2. The third kappa shape index (κ3) is 11.7. The molecule has 0 saturated heterocycles. The molecule has 0 amide bonds. The van der Waals surface area contributed by atoms with Crippen molar-refractivity contribution in [3.05, 3.63) is 48.5 Å². The fraction of sp³-hybridized carbons (Fsp3) is 0.182. The van der Waals surface area contributed by atoms with E-state index in [0.717, 1.165) is 24.3 Å². The van der Waals surface area contributed by atoms with E-state index in [2.05, 4.69) is 28.8 Å². The summed E-state index contributed by atoms with van der Waals surface area (Å²) in [6, 6.07) is 7.11. The van der Waals surface area contributed by atoms with Crippen LogP contribution in [0.3, 0.4) is 0 Å². The monoisotopic (exact) mass is 852 g/mol. The van der Waals surface area contributed by atoms with Crippen LogP contribution in [0.2, 0.25) is 0 Å². The van der Waals surface area contributed by atoms with Gasteiger partial charge in [0.1, 0.15) is 26.9 Å². The van der Waals surface area contributed by atoms with Crippen LogP contribution in [0.1, 0.15) is 0 Å². The molecular weight excluding hydrogens is 829 g/mol. The molecule has 0 aromatic heterocycles. The van der Waals surface area contributed by atoms with E-state index in [4.69, 9.17) is 20.6 Å². The highest BCUT2D eigenvalue weighted by Crippen LogP contribution is 2.43. The molecule has 0 saturated carbocycles. The summed E-state index contributed by atoms with van der Waals surface area (Å²) in [7, 11) is -29.3. The van der Waals surface area contributed by atoms with Gasteiger partial charge in [-0.25, -0.2) is 25.2 Å². The first kappa shape index (κ1) is 42.3. The number of nitrogens with zero attached hydrogens (tertiary/aromatic N) is 4. The maximum atomic E-state index is 12.6. The van der Waals surface area contributed by atoms with Gasteiger partial charge in [0.25, 0.3) is 20.2 Å². The van der Waals surface area contributed by atoms with E-state index < -0.39 is 133 Å². The van der Waals surface area contributed by atoms with Gasteiger partial charge in [0, 0.05) is 0 Å². The Hall–Kier alpha value is -4.08. The zero-order valence-corrected chi connectivity index (χ0v) is 30.2. The van der Waals surface area contributed by atoms with Crippen molar-refractivity contribution in [2.24, 2.45) is 20.5 Å². The molecule has 0 aliphatic rings. The highest BCUT2D eigenvalue weighted by molar-refractivity contribution is 7.92. The Morgan fingerprint density at radius 3 is 1.60 bits per heavy atom. The van der Waals surface area contributed by atoms with E-state index in [9.17, 15) is 59.6 Å². The molecule has 3 rings (SSSR count). The van der Waals surface area contributed by atoms with E-state index in [1.807, 2.05) is 0 Å². The van der Waals surface area contributed by atoms with E-state index >= 15 is 0 Å². The van der Waals surface area contributed by atoms with Gasteiger partial charge in [-0.05, 0) is 42.5 Å². The minimum absolute atomic E-state index is 0.172. The van der Waals surface area contributed by atoms with Crippen molar-refractivity contribution in [1.82, 2.24) is 0 Å². The first-order valence-corrected chi connectivity index (χ1v) is 22.0. The third-order valence-electron chi connectivity index (χ3n) is 6.00. The lowest BCUT2D eigenvalue weighted by Gasteiger charge is -2.11. The summed E-state index contributed by atoms with van der Waals surface area (Å²) in [5, 5.41) is 14.6. The highest BCUT2D eigenvalue weighted by Gasteiger charge is 2.27. The van der Waals surface area contributed by atoms with Crippen LogP contribution in [0, 0.1) is 0 Å². The molecule has 0 heterocycles. The summed E-state index contributed by atoms with van der Waals surface area (Å²) in [6.07, 6.45) is 0. The number of rotatable bonds is 16. The summed E-state index contributed by atoms with van der Waals surface area (Å²) in [5.41, 5.74) is 7.86. The summed E-state index contributed by atoms with van der Waals surface area (Å²) < 4.78 is 186. The number of sulfone groups is 2. The first-order valence-electron chi connectivity index (χ1n) is 13.0. The normalized spacial score (nSPS) is 13.6. The van der Waals surface area contributed by atoms with Crippen LogP contribution >= 0.6 is 0 Å². The molecule has 3 aromatic carbocycles. The smallest absolute Gasteiger partial charge is 0.397 e. The number of benzene rings is 3. The molecule has 286 valence electrons. The zero-order chi connectivity index (χ0) is 39.5. The van der Waals surface area contributed by atoms with Crippen molar-refractivity contribution in [3.63, 3.8) is 0 Å². The molecule has 0 spiro atoms. The lowest BCUT2D eigenvalue weighted by Crippen LogP contribution is -2.16. The van der Waals surface area contributed by atoms with E-state index in [0.29, 0.717) is 12.1 Å². The van der Waals surface area contributed by atoms with Gasteiger partial charge >= 0.3 is 20.8 Å². The molecule has 52 heavy (non-hydrogen) atoms. The maximum Gasteiger partial charge on any atom is 0.397 e. The maximum absolute atomic E-state index is 12.6. The Bertz CT molecular complexity index is 2630. The lowest BCUT2D eigenvalue weighted by molar-refractivity contribution is 0.282. The standard InChI is InChI=1S/C22H24N6O18S6/c23-16-12-18(27-25-13-2-1-3-14(10-13)47(29,30)8-6-45-51(39,40)41)20(24)21(22(16)50(36,37)38)28-26-17-5-4-15(11-19(17)49(33,34)35)48(31,32)9-7-46-52(42,43)44/h1-5,10-12H,6-9,23-24H2,(H,33,34,35)(H,36,37,38)(H,39,40,41)(H,42,43,44). The fourth-order valence-corrected chi connectivity index (χ4v) is 8.30. The van der Waals surface area contributed by atoms with Gasteiger partial charge in [-0.15, -0.1) is 15.3 Å². The van der Waals surface area contributed by atoms with Crippen molar-refractivity contribution in [2.75, 3.05) is 36.2 Å². The van der Waals surface area contributed by atoms with Gasteiger partial charge in [0.2, 0.25) is 0 Å². The molecule has 0 aliphatic heterocycles. The second kappa shape index (κ2) is 15.5. The van der Waals surface area contributed by atoms with Crippen LogP contribution in [0.15, 0.2) is 88.6 Å². The molecule has 24 nitrogen and oxygen atoms in total. The predicted molar refractivity (Wildman–Crippen MR) is 175 cm³/mol. The quantitative estimate of drug-likeness (QED) is 0.0673. The second-order valence-corrected chi connectivity index (χ2v) is 18.8. The molecule has 0 aliphatic carbocycles. The van der Waals surface area contributed by atoms with Crippen molar-refractivity contribution >= 4 is 94.8 Å². The van der Waals surface area contributed by atoms with Crippen LogP contribution < -0.4 is 11.5 Å². The Morgan fingerprint density at radius 2 is 1.10 bits per heavy atom. The summed E-state index contributed by atoms with van der Waals surface area (Å²) in [4.78, 5) is -3.60. The number of anilines is 2. The minimum Gasteiger partial charge on any atom is -0.397 e. The average molecular weight is 853 g/mol. The van der Waals surface area contributed by atoms with E-state index in [1.165, 1.54) is 12.1 Å². The largest absolute Gasteiger partial charge is 0.397 e. The number of azo groups is 2. The Kier molecular flexibility index (Phi) is 12.6. The van der Waals surface area contributed by atoms with Crippen LogP contribution in [0.4, 0.5) is 34.1 Å². The first-order chi connectivity index (χ1) is 23.6. The van der Waals surface area contributed by atoms with Crippen LogP contribution in [0.25, 0.3) is 0 Å². The van der Waals surface area contributed by atoms with E-state index in [1.54, 1.807) is 0 Å². The van der Waals surface area contributed by atoms with Crippen molar-refractivity contribution < 1.29 is 77.1 Å². The summed E-state index contributed by atoms with van der Waals surface area (Å²) >= 11 is 0. The number of nitrogens with two attached hydrogens (primary N) is 2. The van der Waals surface area contributed by atoms with Gasteiger partial charge in [0.05, 0.1) is 51.6 Å². The van der Waals surface area contributed by atoms with Gasteiger partial charge in [-0.2, -0.15) is 38.8 Å². The SMILES string of the molecule is Nc1cc(N=Nc2cccc(S(=O)(=O)CCOS(=O)(=O)O)c2)c(N)c(N=Nc2ccc(S(=O)(=O)CCOS(=O)(=O)O)cc2S(=O)(=O)O)c1S(=O)(=O)O. The molecule has 0 radical (unpaired) electrons. The van der Waals surface area contributed by atoms with Crippen molar-refractivity contribution in [1.29, 1.82) is 0 Å².